The van der Waals surface area contributed by atoms with E-state index in [1.807, 2.05) is 104 Å². The summed E-state index contributed by atoms with van der Waals surface area (Å²) in [7, 11) is -4.25. The van der Waals surface area contributed by atoms with Crippen molar-refractivity contribution in [2.75, 3.05) is 5.01 Å². The van der Waals surface area contributed by atoms with Crippen molar-refractivity contribution in [3.63, 3.8) is 0 Å². The zero-order valence-electron chi connectivity index (χ0n) is 24.3. The smallest absolute Gasteiger partial charge is 0.285 e. The quantitative estimate of drug-likeness (QED) is 0.196. The standard InChI is InChI=1S/C37H28FN3O3S/c1-26-21-23-30(24-22-26)45(42,43)40-36-37(25-33(44-36)27-13-5-2-6-14-27)34(28-15-7-3-8-16-28)35(31-19-11-12-20-32(31)38)39-41(37)29-17-9-4-10-18-29/h2-25,34H,1H3. The first kappa shape index (κ1) is 28.4. The fourth-order valence-electron chi connectivity index (χ4n) is 5.90. The molecule has 2 aliphatic rings. The third-order valence-corrected chi connectivity index (χ3v) is 9.31. The van der Waals surface area contributed by atoms with Crippen LogP contribution in [0.15, 0.2) is 160 Å². The van der Waals surface area contributed by atoms with Crippen molar-refractivity contribution in [1.29, 1.82) is 0 Å². The van der Waals surface area contributed by atoms with Gasteiger partial charge in [-0.05, 0) is 48.9 Å². The Balaban J connectivity index is 1.55. The molecule has 222 valence electrons. The van der Waals surface area contributed by atoms with Crippen LogP contribution in [0.25, 0.3) is 5.76 Å². The van der Waals surface area contributed by atoms with Crippen LogP contribution in [0.2, 0.25) is 0 Å². The van der Waals surface area contributed by atoms with Gasteiger partial charge in [-0.3, -0.25) is 0 Å². The number of hydrogen-bond acceptors (Lipinski definition) is 5. The van der Waals surface area contributed by atoms with Crippen molar-refractivity contribution in [1.82, 2.24) is 0 Å². The highest BCUT2D eigenvalue weighted by atomic mass is 32.2. The van der Waals surface area contributed by atoms with E-state index in [0.717, 1.165) is 16.7 Å². The van der Waals surface area contributed by atoms with Gasteiger partial charge in [0.25, 0.3) is 10.0 Å². The van der Waals surface area contributed by atoms with Gasteiger partial charge in [0.05, 0.1) is 22.2 Å². The Labute approximate surface area is 261 Å². The summed E-state index contributed by atoms with van der Waals surface area (Å²) in [5.41, 5.74) is 2.37. The monoisotopic (exact) mass is 613 g/mol. The summed E-state index contributed by atoms with van der Waals surface area (Å²) in [5.74, 6) is -0.835. The number of rotatable bonds is 6. The number of para-hydroxylation sites is 1. The number of hydrogen-bond donors (Lipinski definition) is 0. The lowest BCUT2D eigenvalue weighted by Gasteiger charge is -2.36. The first-order valence-corrected chi connectivity index (χ1v) is 15.9. The molecule has 8 heteroatoms. The number of halogens is 1. The minimum absolute atomic E-state index is 0.0308. The zero-order chi connectivity index (χ0) is 31.0. The molecule has 7 rings (SSSR count). The molecule has 2 unspecified atom stereocenters. The Morgan fingerprint density at radius 3 is 2.04 bits per heavy atom. The summed E-state index contributed by atoms with van der Waals surface area (Å²) < 4.78 is 54.5. The predicted molar refractivity (Wildman–Crippen MR) is 175 cm³/mol. The van der Waals surface area contributed by atoms with Crippen LogP contribution in [0.3, 0.4) is 0 Å². The number of benzene rings is 5. The van der Waals surface area contributed by atoms with Crippen LogP contribution in [0.1, 0.15) is 28.2 Å². The van der Waals surface area contributed by atoms with Gasteiger partial charge in [0.15, 0.2) is 5.54 Å². The second-order valence-corrected chi connectivity index (χ2v) is 12.5. The van der Waals surface area contributed by atoms with Crippen molar-refractivity contribution in [2.45, 2.75) is 23.3 Å². The first-order chi connectivity index (χ1) is 21.9. The Hall–Kier alpha value is -5.34. The van der Waals surface area contributed by atoms with E-state index in [2.05, 4.69) is 4.40 Å². The van der Waals surface area contributed by atoms with Crippen LogP contribution in [-0.2, 0) is 14.8 Å². The number of ether oxygens (including phenoxy) is 1. The SMILES string of the molecule is Cc1ccc(S(=O)(=O)N=C2OC(c3ccccc3)=CC23C(c2ccccc2)C(c2ccccc2F)=NN3c2ccccc2)cc1. The predicted octanol–water partition coefficient (Wildman–Crippen LogP) is 7.74. The maximum Gasteiger partial charge on any atom is 0.285 e. The molecule has 2 heterocycles. The number of aryl methyl sites for hydroxylation is 1. The van der Waals surface area contributed by atoms with Gasteiger partial charge in [-0.15, -0.1) is 4.40 Å². The molecule has 2 aliphatic heterocycles. The third kappa shape index (κ3) is 5.03. The number of anilines is 1. The van der Waals surface area contributed by atoms with Gasteiger partial charge < -0.3 is 4.74 Å². The van der Waals surface area contributed by atoms with Gasteiger partial charge in [-0.1, -0.05) is 115 Å². The van der Waals surface area contributed by atoms with Crippen LogP contribution in [0.4, 0.5) is 10.1 Å². The molecular weight excluding hydrogens is 585 g/mol. The average molecular weight is 614 g/mol. The van der Waals surface area contributed by atoms with E-state index in [0.29, 0.717) is 22.7 Å². The average Bonchev–Trinajstić information content (AvgIpc) is 3.60. The van der Waals surface area contributed by atoms with Crippen LogP contribution in [-0.4, -0.2) is 25.6 Å². The van der Waals surface area contributed by atoms with E-state index >= 15 is 4.39 Å². The topological polar surface area (TPSA) is 71.3 Å². The van der Waals surface area contributed by atoms with Crippen molar-refractivity contribution in [2.24, 2.45) is 9.50 Å². The van der Waals surface area contributed by atoms with Gasteiger partial charge in [0, 0.05) is 11.1 Å². The van der Waals surface area contributed by atoms with E-state index in [1.54, 1.807) is 35.3 Å². The Bertz CT molecular complexity index is 2060. The maximum absolute atomic E-state index is 15.6. The van der Waals surface area contributed by atoms with Crippen molar-refractivity contribution >= 4 is 33.1 Å². The summed E-state index contributed by atoms with van der Waals surface area (Å²) >= 11 is 0. The van der Waals surface area contributed by atoms with Gasteiger partial charge in [0.1, 0.15) is 11.6 Å². The van der Waals surface area contributed by atoms with E-state index < -0.39 is 27.3 Å². The van der Waals surface area contributed by atoms with E-state index in [-0.39, 0.29) is 10.8 Å². The number of nitrogens with zero attached hydrogens (tertiary/aromatic N) is 3. The molecule has 0 radical (unpaired) electrons. The summed E-state index contributed by atoms with van der Waals surface area (Å²) in [6, 6.07) is 41.3. The lowest BCUT2D eigenvalue weighted by atomic mass is 9.75. The molecule has 45 heavy (non-hydrogen) atoms. The molecule has 0 amide bonds. The Morgan fingerprint density at radius 2 is 1.38 bits per heavy atom. The summed E-state index contributed by atoms with van der Waals surface area (Å²) in [6.07, 6.45) is 1.87. The normalized spacial score (nSPS) is 20.3. The van der Waals surface area contributed by atoms with Gasteiger partial charge >= 0.3 is 0 Å². The Kier molecular flexibility index (Phi) is 7.14. The molecule has 0 saturated heterocycles. The van der Waals surface area contributed by atoms with Crippen LogP contribution >= 0.6 is 0 Å². The van der Waals surface area contributed by atoms with E-state index in [9.17, 15) is 8.42 Å². The van der Waals surface area contributed by atoms with E-state index in [4.69, 9.17) is 9.84 Å². The molecule has 5 aromatic carbocycles. The lowest BCUT2D eigenvalue weighted by Crippen LogP contribution is -2.51. The zero-order valence-corrected chi connectivity index (χ0v) is 25.1. The molecule has 0 aromatic heterocycles. The number of sulfonamides is 1. The van der Waals surface area contributed by atoms with Crippen LogP contribution in [0, 0.1) is 12.7 Å². The third-order valence-electron chi connectivity index (χ3n) is 8.04. The molecule has 5 aromatic rings. The second kappa shape index (κ2) is 11.3. The fraction of sp³-hybridized carbons (Fsp3) is 0.0811. The summed E-state index contributed by atoms with van der Waals surface area (Å²) in [6.45, 7) is 1.88. The summed E-state index contributed by atoms with van der Waals surface area (Å²) in [5, 5.41) is 6.80. The largest absolute Gasteiger partial charge is 0.439 e. The van der Waals surface area contributed by atoms with Gasteiger partial charge in [0.2, 0.25) is 5.90 Å². The molecule has 0 fully saturated rings. The molecule has 1 spiro atoms. The van der Waals surface area contributed by atoms with Gasteiger partial charge in [-0.2, -0.15) is 13.5 Å². The van der Waals surface area contributed by atoms with Crippen LogP contribution in [0.5, 0.6) is 0 Å². The summed E-state index contributed by atoms with van der Waals surface area (Å²) in [4.78, 5) is 0.0308. The minimum atomic E-state index is -4.25. The molecule has 0 saturated carbocycles. The van der Waals surface area contributed by atoms with Crippen molar-refractivity contribution < 1.29 is 17.5 Å². The Morgan fingerprint density at radius 1 is 0.778 bits per heavy atom. The lowest BCUT2D eigenvalue weighted by molar-refractivity contribution is 0.474. The van der Waals surface area contributed by atoms with Crippen LogP contribution < -0.4 is 5.01 Å². The fourth-order valence-corrected chi connectivity index (χ4v) is 6.89. The van der Waals surface area contributed by atoms with Crippen molar-refractivity contribution in [3.8, 4) is 0 Å². The molecule has 0 aliphatic carbocycles. The highest BCUT2D eigenvalue weighted by Gasteiger charge is 2.60. The van der Waals surface area contributed by atoms with Crippen molar-refractivity contribution in [3.05, 3.63) is 174 Å². The molecule has 0 N–H and O–H groups in total. The second-order valence-electron chi connectivity index (χ2n) is 10.9. The van der Waals surface area contributed by atoms with Gasteiger partial charge in [-0.25, -0.2) is 9.40 Å². The number of hydrazone groups is 1. The first-order valence-electron chi connectivity index (χ1n) is 14.5. The molecule has 6 nitrogen and oxygen atoms in total. The highest BCUT2D eigenvalue weighted by molar-refractivity contribution is 7.90. The molecule has 2 atom stereocenters. The highest BCUT2D eigenvalue weighted by Crippen LogP contribution is 2.51. The van der Waals surface area contributed by atoms with E-state index in [1.165, 1.54) is 18.2 Å². The minimum Gasteiger partial charge on any atom is -0.439 e. The molecule has 0 bridgehead atoms. The molecular formula is C37H28FN3O3S. The maximum atomic E-state index is 15.6.